The monoisotopic (exact) mass is 290 g/mol. The highest BCUT2D eigenvalue weighted by atomic mass is 32.1. The number of carboxylic acid groups (broad SMARTS) is 1. The molecule has 20 heavy (non-hydrogen) atoms. The van der Waals surface area contributed by atoms with Gasteiger partial charge in [0.2, 0.25) is 5.91 Å². The van der Waals surface area contributed by atoms with Crippen LogP contribution in [0.15, 0.2) is 36.4 Å². The predicted molar refractivity (Wildman–Crippen MR) is 79.4 cm³/mol. The highest BCUT2D eigenvalue weighted by Crippen LogP contribution is 2.19. The number of anilines is 2. The molecule has 2 aromatic rings. The molecular weight excluding hydrogens is 276 g/mol. The largest absolute Gasteiger partial charge is 0.477 e. The van der Waals surface area contributed by atoms with Crippen molar-refractivity contribution < 1.29 is 14.7 Å². The first-order valence-electron chi connectivity index (χ1n) is 5.98. The van der Waals surface area contributed by atoms with Crippen molar-refractivity contribution in [3.8, 4) is 0 Å². The van der Waals surface area contributed by atoms with Gasteiger partial charge in [-0.2, -0.15) is 0 Å². The first-order valence-corrected chi connectivity index (χ1v) is 6.80. The molecule has 104 valence electrons. The van der Waals surface area contributed by atoms with E-state index < -0.39 is 5.97 Å². The summed E-state index contributed by atoms with van der Waals surface area (Å²) in [5, 5.41) is 14.7. The molecule has 0 saturated heterocycles. The summed E-state index contributed by atoms with van der Waals surface area (Å²) in [6.07, 6.45) is 0. The normalized spacial score (nSPS) is 10.1. The van der Waals surface area contributed by atoms with E-state index in [1.165, 1.54) is 18.3 Å². The highest BCUT2D eigenvalue weighted by Gasteiger charge is 2.06. The number of hydrogen-bond donors (Lipinski definition) is 3. The standard InChI is InChI=1S/C14H14N2O3S/c1-9(17)16-11-4-2-10(3-5-11)15-8-12-6-7-13(20-12)14(18)19/h2-7,15H,8H2,1H3,(H,16,17)(H,18,19). The Balaban J connectivity index is 1.93. The molecule has 0 spiro atoms. The van der Waals surface area contributed by atoms with Gasteiger partial charge >= 0.3 is 5.97 Å². The first kappa shape index (κ1) is 14.1. The third-order valence-corrected chi connectivity index (χ3v) is 3.62. The summed E-state index contributed by atoms with van der Waals surface area (Å²) >= 11 is 1.25. The average Bonchev–Trinajstić information content (AvgIpc) is 2.86. The van der Waals surface area contributed by atoms with Crippen molar-refractivity contribution in [2.75, 3.05) is 10.6 Å². The number of benzene rings is 1. The molecule has 2 rings (SSSR count). The van der Waals surface area contributed by atoms with Crippen molar-refractivity contribution in [1.82, 2.24) is 0 Å². The van der Waals surface area contributed by atoms with E-state index in [9.17, 15) is 9.59 Å². The number of thiophene rings is 1. The Kier molecular flexibility index (Phi) is 4.37. The van der Waals surface area contributed by atoms with Gasteiger partial charge in [-0.1, -0.05) is 0 Å². The molecule has 3 N–H and O–H groups in total. The molecule has 0 unspecified atom stereocenters. The molecule has 1 amide bonds. The summed E-state index contributed by atoms with van der Waals surface area (Å²) < 4.78 is 0. The SMILES string of the molecule is CC(=O)Nc1ccc(NCc2ccc(C(=O)O)s2)cc1. The number of aromatic carboxylic acids is 1. The number of hydrogen-bond acceptors (Lipinski definition) is 4. The summed E-state index contributed by atoms with van der Waals surface area (Å²) in [6, 6.07) is 10.7. The Bertz CT molecular complexity index is 620. The molecule has 6 heteroatoms. The number of carboxylic acids is 1. The lowest BCUT2D eigenvalue weighted by atomic mass is 10.2. The van der Waals surface area contributed by atoms with Gasteiger partial charge in [-0.15, -0.1) is 11.3 Å². The van der Waals surface area contributed by atoms with E-state index in [1.54, 1.807) is 24.3 Å². The second-order valence-electron chi connectivity index (χ2n) is 4.18. The minimum Gasteiger partial charge on any atom is -0.477 e. The molecule has 0 atom stereocenters. The molecule has 0 aliphatic rings. The van der Waals surface area contributed by atoms with E-state index in [-0.39, 0.29) is 5.91 Å². The molecule has 1 aromatic carbocycles. The Morgan fingerprint density at radius 1 is 1.10 bits per heavy atom. The number of nitrogens with one attached hydrogen (secondary N) is 2. The van der Waals surface area contributed by atoms with Crippen molar-refractivity contribution in [3.63, 3.8) is 0 Å². The van der Waals surface area contributed by atoms with Crippen LogP contribution in [0.1, 0.15) is 21.5 Å². The smallest absolute Gasteiger partial charge is 0.345 e. The highest BCUT2D eigenvalue weighted by molar-refractivity contribution is 7.13. The maximum absolute atomic E-state index is 10.9. The lowest BCUT2D eigenvalue weighted by molar-refractivity contribution is -0.114. The van der Waals surface area contributed by atoms with E-state index in [4.69, 9.17) is 5.11 Å². The summed E-state index contributed by atoms with van der Waals surface area (Å²) in [6.45, 7) is 2.03. The summed E-state index contributed by atoms with van der Waals surface area (Å²) in [5.74, 6) is -1.01. The molecule has 0 bridgehead atoms. The van der Waals surface area contributed by atoms with Crippen LogP contribution in [0.5, 0.6) is 0 Å². The van der Waals surface area contributed by atoms with Crippen LogP contribution in [0.3, 0.4) is 0 Å². The average molecular weight is 290 g/mol. The van der Waals surface area contributed by atoms with Gasteiger partial charge in [-0.3, -0.25) is 4.79 Å². The molecule has 1 aromatic heterocycles. The van der Waals surface area contributed by atoms with E-state index >= 15 is 0 Å². The lowest BCUT2D eigenvalue weighted by Crippen LogP contribution is -2.05. The summed E-state index contributed by atoms with van der Waals surface area (Å²) in [7, 11) is 0. The zero-order valence-electron chi connectivity index (χ0n) is 10.8. The maximum Gasteiger partial charge on any atom is 0.345 e. The fraction of sp³-hybridized carbons (Fsp3) is 0.143. The predicted octanol–water partition coefficient (Wildman–Crippen LogP) is 3.02. The van der Waals surface area contributed by atoms with Gasteiger partial charge in [0.05, 0.1) is 0 Å². The summed E-state index contributed by atoms with van der Waals surface area (Å²) in [4.78, 5) is 23.0. The zero-order chi connectivity index (χ0) is 14.5. The van der Waals surface area contributed by atoms with Crippen molar-refractivity contribution in [3.05, 3.63) is 46.2 Å². The molecular formula is C14H14N2O3S. The fourth-order valence-electron chi connectivity index (χ4n) is 1.65. The molecule has 0 fully saturated rings. The topological polar surface area (TPSA) is 78.4 Å². The molecule has 5 nitrogen and oxygen atoms in total. The van der Waals surface area contributed by atoms with Gasteiger partial charge < -0.3 is 15.7 Å². The molecule has 0 aliphatic carbocycles. The Morgan fingerprint density at radius 3 is 2.30 bits per heavy atom. The molecule has 0 aliphatic heterocycles. The van der Waals surface area contributed by atoms with Crippen LogP contribution in [0.2, 0.25) is 0 Å². The van der Waals surface area contributed by atoms with E-state index in [2.05, 4.69) is 10.6 Å². The van der Waals surface area contributed by atoms with Gasteiger partial charge in [-0.25, -0.2) is 4.79 Å². The van der Waals surface area contributed by atoms with Crippen LogP contribution in [0.4, 0.5) is 11.4 Å². The third-order valence-electron chi connectivity index (χ3n) is 2.54. The number of carbonyl (C=O) groups excluding carboxylic acids is 1. The maximum atomic E-state index is 10.9. The molecule has 1 heterocycles. The van der Waals surface area contributed by atoms with Crippen LogP contribution >= 0.6 is 11.3 Å². The van der Waals surface area contributed by atoms with Crippen LogP contribution in [0, 0.1) is 0 Å². The van der Waals surface area contributed by atoms with Crippen molar-refractivity contribution in [2.45, 2.75) is 13.5 Å². The zero-order valence-corrected chi connectivity index (χ0v) is 11.7. The number of amides is 1. The van der Waals surface area contributed by atoms with Crippen LogP contribution < -0.4 is 10.6 Å². The van der Waals surface area contributed by atoms with Crippen molar-refractivity contribution in [1.29, 1.82) is 0 Å². The number of carbonyl (C=O) groups is 2. The third kappa shape index (κ3) is 3.83. The van der Waals surface area contributed by atoms with E-state index in [0.717, 1.165) is 16.3 Å². The Morgan fingerprint density at radius 2 is 1.75 bits per heavy atom. The van der Waals surface area contributed by atoms with Crippen LogP contribution in [-0.2, 0) is 11.3 Å². The Labute approximate surface area is 120 Å². The van der Waals surface area contributed by atoms with E-state index in [0.29, 0.717) is 11.4 Å². The summed E-state index contributed by atoms with van der Waals surface area (Å²) in [5.41, 5.74) is 1.65. The first-order chi connectivity index (χ1) is 9.54. The fourth-order valence-corrected chi connectivity index (χ4v) is 2.44. The van der Waals surface area contributed by atoms with Gasteiger partial charge in [0.15, 0.2) is 0 Å². The quantitative estimate of drug-likeness (QED) is 0.791. The van der Waals surface area contributed by atoms with Gasteiger partial charge in [-0.05, 0) is 36.4 Å². The minimum absolute atomic E-state index is 0.106. The number of rotatable bonds is 5. The van der Waals surface area contributed by atoms with Gasteiger partial charge in [0, 0.05) is 29.7 Å². The van der Waals surface area contributed by atoms with Gasteiger partial charge in [0.1, 0.15) is 4.88 Å². The second kappa shape index (κ2) is 6.21. The van der Waals surface area contributed by atoms with Crippen LogP contribution in [0.25, 0.3) is 0 Å². The Hall–Kier alpha value is -2.34. The van der Waals surface area contributed by atoms with Crippen molar-refractivity contribution in [2.24, 2.45) is 0 Å². The van der Waals surface area contributed by atoms with Gasteiger partial charge in [0.25, 0.3) is 0 Å². The second-order valence-corrected chi connectivity index (χ2v) is 5.35. The molecule has 0 saturated carbocycles. The van der Waals surface area contributed by atoms with Crippen LogP contribution in [-0.4, -0.2) is 17.0 Å². The van der Waals surface area contributed by atoms with Crippen molar-refractivity contribution >= 4 is 34.6 Å². The molecule has 0 radical (unpaired) electrons. The lowest BCUT2D eigenvalue weighted by Gasteiger charge is -2.06. The van der Waals surface area contributed by atoms with E-state index in [1.807, 2.05) is 12.1 Å². The minimum atomic E-state index is -0.902.